The summed E-state index contributed by atoms with van der Waals surface area (Å²) in [4.78, 5) is 12.3. The molecule has 1 heterocycles. The first-order chi connectivity index (χ1) is 9.43. The predicted molar refractivity (Wildman–Crippen MR) is 87.5 cm³/mol. The Hall–Kier alpha value is -0.650. The van der Waals surface area contributed by atoms with Gasteiger partial charge >= 0.3 is 0 Å². The SMILES string of the molecule is CCc1nn(C)c(CC(=O)c2ccc(Br)c(Cl)c2)c1Br. The fraction of sp³-hybridized carbons (Fsp3) is 0.286. The van der Waals surface area contributed by atoms with Crippen molar-refractivity contribution < 1.29 is 4.79 Å². The molecule has 0 saturated carbocycles. The van der Waals surface area contributed by atoms with Crippen molar-refractivity contribution in [3.8, 4) is 0 Å². The lowest BCUT2D eigenvalue weighted by Crippen LogP contribution is -2.08. The summed E-state index contributed by atoms with van der Waals surface area (Å²) < 4.78 is 3.45. The Morgan fingerprint density at radius 1 is 1.40 bits per heavy atom. The zero-order valence-corrected chi connectivity index (χ0v) is 15.0. The van der Waals surface area contributed by atoms with Crippen LogP contribution in [-0.2, 0) is 19.9 Å². The van der Waals surface area contributed by atoms with E-state index in [1.807, 2.05) is 14.0 Å². The average molecular weight is 421 g/mol. The van der Waals surface area contributed by atoms with Gasteiger partial charge in [-0.05, 0) is 50.4 Å². The Kier molecular flexibility index (Phi) is 5.04. The third kappa shape index (κ3) is 3.15. The van der Waals surface area contributed by atoms with E-state index in [0.717, 1.165) is 26.8 Å². The molecule has 6 heteroatoms. The first-order valence-corrected chi connectivity index (χ1v) is 8.09. The van der Waals surface area contributed by atoms with Crippen LogP contribution < -0.4 is 0 Å². The van der Waals surface area contributed by atoms with Crippen LogP contribution >= 0.6 is 43.5 Å². The van der Waals surface area contributed by atoms with Crippen molar-refractivity contribution in [3.05, 3.63) is 49.1 Å². The Bertz CT molecular complexity index is 667. The Balaban J connectivity index is 2.28. The van der Waals surface area contributed by atoms with E-state index in [1.54, 1.807) is 22.9 Å². The number of rotatable bonds is 4. The molecular formula is C14H13Br2ClN2O. The molecule has 0 N–H and O–H groups in total. The summed E-state index contributed by atoms with van der Waals surface area (Å²) in [5.41, 5.74) is 2.44. The fourth-order valence-corrected chi connectivity index (χ4v) is 3.12. The number of hydrogen-bond donors (Lipinski definition) is 0. The van der Waals surface area contributed by atoms with Crippen LogP contribution in [0.25, 0.3) is 0 Å². The maximum absolute atomic E-state index is 12.3. The number of nitrogens with zero attached hydrogens (tertiary/aromatic N) is 2. The smallest absolute Gasteiger partial charge is 0.168 e. The summed E-state index contributed by atoms with van der Waals surface area (Å²) in [6.45, 7) is 2.03. The summed E-state index contributed by atoms with van der Waals surface area (Å²) in [6.07, 6.45) is 1.12. The Morgan fingerprint density at radius 2 is 2.10 bits per heavy atom. The first-order valence-electron chi connectivity index (χ1n) is 6.12. The van der Waals surface area contributed by atoms with Crippen molar-refractivity contribution in [1.82, 2.24) is 9.78 Å². The lowest BCUT2D eigenvalue weighted by molar-refractivity contribution is 0.0990. The van der Waals surface area contributed by atoms with Crippen LogP contribution in [0.4, 0.5) is 0 Å². The third-order valence-corrected chi connectivity index (χ3v) is 5.22. The van der Waals surface area contributed by atoms with Crippen LogP contribution in [-0.4, -0.2) is 15.6 Å². The number of ketones is 1. The molecule has 106 valence electrons. The Labute approximate surface area is 139 Å². The minimum absolute atomic E-state index is 0.0192. The molecule has 1 aromatic heterocycles. The summed E-state index contributed by atoms with van der Waals surface area (Å²) in [6, 6.07) is 5.23. The number of carbonyl (C=O) groups excluding carboxylic acids is 1. The second-order valence-electron chi connectivity index (χ2n) is 4.41. The van der Waals surface area contributed by atoms with Gasteiger partial charge in [-0.25, -0.2) is 0 Å². The van der Waals surface area contributed by atoms with Crippen molar-refractivity contribution in [3.63, 3.8) is 0 Å². The van der Waals surface area contributed by atoms with E-state index >= 15 is 0 Å². The van der Waals surface area contributed by atoms with Crippen molar-refractivity contribution in [1.29, 1.82) is 0 Å². The molecule has 1 aromatic carbocycles. The van der Waals surface area contributed by atoms with Gasteiger partial charge in [0, 0.05) is 17.1 Å². The van der Waals surface area contributed by atoms with Gasteiger partial charge in [-0.15, -0.1) is 0 Å². The van der Waals surface area contributed by atoms with Gasteiger partial charge in [0.25, 0.3) is 0 Å². The van der Waals surface area contributed by atoms with Crippen molar-refractivity contribution in [2.24, 2.45) is 7.05 Å². The highest BCUT2D eigenvalue weighted by Crippen LogP contribution is 2.26. The fourth-order valence-electron chi connectivity index (χ4n) is 1.94. The minimum atomic E-state index is 0.0192. The van der Waals surface area contributed by atoms with Crippen LogP contribution in [0.15, 0.2) is 27.1 Å². The second kappa shape index (κ2) is 6.41. The molecule has 0 aliphatic heterocycles. The lowest BCUT2D eigenvalue weighted by atomic mass is 10.1. The molecule has 0 aliphatic carbocycles. The number of aromatic nitrogens is 2. The van der Waals surface area contributed by atoms with Crippen LogP contribution in [0.5, 0.6) is 0 Å². The van der Waals surface area contributed by atoms with E-state index in [1.165, 1.54) is 0 Å². The number of halogens is 3. The van der Waals surface area contributed by atoms with Gasteiger partial charge in [0.1, 0.15) is 0 Å². The molecule has 0 aliphatic rings. The van der Waals surface area contributed by atoms with E-state index < -0.39 is 0 Å². The molecule has 20 heavy (non-hydrogen) atoms. The number of hydrogen-bond acceptors (Lipinski definition) is 2. The first kappa shape index (κ1) is 15.7. The molecular weight excluding hydrogens is 407 g/mol. The normalized spacial score (nSPS) is 10.8. The van der Waals surface area contributed by atoms with E-state index in [-0.39, 0.29) is 5.78 Å². The largest absolute Gasteiger partial charge is 0.294 e. The van der Waals surface area contributed by atoms with E-state index in [4.69, 9.17) is 11.6 Å². The monoisotopic (exact) mass is 418 g/mol. The van der Waals surface area contributed by atoms with Gasteiger partial charge in [-0.1, -0.05) is 24.6 Å². The summed E-state index contributed by atoms with van der Waals surface area (Å²) in [5.74, 6) is 0.0192. The zero-order chi connectivity index (χ0) is 14.9. The number of carbonyl (C=O) groups is 1. The van der Waals surface area contributed by atoms with Gasteiger partial charge in [-0.3, -0.25) is 9.48 Å². The van der Waals surface area contributed by atoms with Crippen molar-refractivity contribution in [2.45, 2.75) is 19.8 Å². The van der Waals surface area contributed by atoms with E-state index in [2.05, 4.69) is 37.0 Å². The van der Waals surface area contributed by atoms with Crippen molar-refractivity contribution in [2.75, 3.05) is 0 Å². The van der Waals surface area contributed by atoms with Crippen LogP contribution in [0, 0.1) is 0 Å². The topological polar surface area (TPSA) is 34.9 Å². The summed E-state index contributed by atoms with van der Waals surface area (Å²) in [5, 5.41) is 4.93. The Morgan fingerprint density at radius 3 is 2.65 bits per heavy atom. The minimum Gasteiger partial charge on any atom is -0.294 e. The van der Waals surface area contributed by atoms with E-state index in [9.17, 15) is 4.79 Å². The third-order valence-electron chi connectivity index (χ3n) is 3.07. The highest BCUT2D eigenvalue weighted by molar-refractivity contribution is 9.10. The van der Waals surface area contributed by atoms with Gasteiger partial charge in [-0.2, -0.15) is 5.10 Å². The molecule has 3 nitrogen and oxygen atoms in total. The predicted octanol–water partition coefficient (Wildman–Crippen LogP) is 4.59. The zero-order valence-electron chi connectivity index (χ0n) is 11.1. The van der Waals surface area contributed by atoms with Crippen molar-refractivity contribution >= 4 is 49.2 Å². The average Bonchev–Trinajstić information content (AvgIpc) is 2.69. The summed E-state index contributed by atoms with van der Waals surface area (Å²) >= 11 is 12.9. The summed E-state index contributed by atoms with van der Waals surface area (Å²) in [7, 11) is 1.85. The highest BCUT2D eigenvalue weighted by Gasteiger charge is 2.17. The van der Waals surface area contributed by atoms with Crippen LogP contribution in [0.1, 0.15) is 28.7 Å². The highest BCUT2D eigenvalue weighted by atomic mass is 79.9. The molecule has 0 radical (unpaired) electrons. The second-order valence-corrected chi connectivity index (χ2v) is 6.47. The van der Waals surface area contributed by atoms with E-state index in [0.29, 0.717) is 17.0 Å². The van der Waals surface area contributed by atoms with Crippen LogP contribution in [0.3, 0.4) is 0 Å². The quantitative estimate of drug-likeness (QED) is 0.679. The lowest BCUT2D eigenvalue weighted by Gasteiger charge is -2.04. The van der Waals surface area contributed by atoms with Gasteiger partial charge < -0.3 is 0 Å². The maximum atomic E-state index is 12.3. The molecule has 0 bridgehead atoms. The molecule has 0 fully saturated rings. The molecule has 2 rings (SSSR count). The van der Waals surface area contributed by atoms with Gasteiger partial charge in [0.15, 0.2) is 5.78 Å². The van der Waals surface area contributed by atoms with Gasteiger partial charge in [0.2, 0.25) is 0 Å². The standard InChI is InChI=1S/C14H13Br2ClN2O/c1-3-11-14(16)12(19(2)18-11)7-13(20)8-4-5-9(15)10(17)6-8/h4-6H,3,7H2,1-2H3. The van der Waals surface area contributed by atoms with Crippen LogP contribution in [0.2, 0.25) is 5.02 Å². The molecule has 0 unspecified atom stereocenters. The number of Topliss-reactive ketones (excluding diaryl/α,β-unsaturated/α-hetero) is 1. The molecule has 2 aromatic rings. The molecule has 0 spiro atoms. The number of benzene rings is 1. The molecule has 0 saturated heterocycles. The molecule has 0 atom stereocenters. The molecule has 0 amide bonds. The number of aryl methyl sites for hydroxylation is 2. The van der Waals surface area contributed by atoms with Gasteiger partial charge in [0.05, 0.1) is 27.3 Å². The maximum Gasteiger partial charge on any atom is 0.168 e.